The minimum absolute atomic E-state index is 1.31. The molecule has 2 heteroatoms. The Morgan fingerprint density at radius 3 is 1.20 bits per heavy atom. The molecule has 0 bridgehead atoms. The maximum Gasteiger partial charge on any atom is -0.000585 e. The van der Waals surface area contributed by atoms with Crippen LogP contribution in [-0.4, -0.2) is 24.3 Å². The third kappa shape index (κ3) is 633. The van der Waals surface area contributed by atoms with Crippen molar-refractivity contribution in [3.05, 3.63) is 0 Å². The van der Waals surface area contributed by atoms with Crippen molar-refractivity contribution in [1.82, 2.24) is 5.32 Å². The molecule has 0 atom stereocenters. The second-order valence-corrected chi connectivity index (χ2v) is 0.500. The van der Waals surface area contributed by atoms with E-state index in [0.717, 1.165) is 0 Å². The summed E-state index contributed by atoms with van der Waals surface area (Å²) in [6, 6.07) is 0. The summed E-state index contributed by atoms with van der Waals surface area (Å²) in [6.07, 6.45) is 0. The Bertz CT molecular complexity index is 6.85. The van der Waals surface area contributed by atoms with E-state index in [4.69, 9.17) is 0 Å². The molecule has 0 saturated heterocycles. The van der Waals surface area contributed by atoms with Crippen LogP contribution in [0.5, 0.6) is 0 Å². The molecular formula is C3H13NSi. The van der Waals surface area contributed by atoms with Gasteiger partial charge < -0.3 is 5.32 Å². The molecule has 0 spiro atoms. The van der Waals surface area contributed by atoms with Crippen LogP contribution in [0.3, 0.4) is 0 Å². The van der Waals surface area contributed by atoms with Crippen LogP contribution in [0.2, 0.25) is 6.55 Å². The van der Waals surface area contributed by atoms with Crippen molar-refractivity contribution in [1.29, 1.82) is 0 Å². The van der Waals surface area contributed by atoms with E-state index in [1.54, 1.807) is 0 Å². The Hall–Kier alpha value is 0.177. The molecular weight excluding hydrogens is 78.1 g/mol. The van der Waals surface area contributed by atoms with Crippen LogP contribution in [0, 0.1) is 0 Å². The fourth-order valence-electron chi connectivity index (χ4n) is 0. The van der Waals surface area contributed by atoms with Gasteiger partial charge in [-0.15, -0.1) is 0 Å². The summed E-state index contributed by atoms with van der Waals surface area (Å²) in [5.74, 6) is 0. The highest BCUT2D eigenvalue weighted by atomic mass is 28.1. The van der Waals surface area contributed by atoms with Crippen molar-refractivity contribution in [3.8, 4) is 0 Å². The first kappa shape index (κ1) is 8.95. The molecule has 0 rings (SSSR count). The van der Waals surface area contributed by atoms with E-state index < -0.39 is 0 Å². The van der Waals surface area contributed by atoms with Crippen molar-refractivity contribution in [2.24, 2.45) is 0 Å². The van der Waals surface area contributed by atoms with Crippen LogP contribution in [0.4, 0.5) is 0 Å². The molecule has 0 aromatic rings. The SMILES string of the molecule is CNC.C[SiH3]. The molecule has 0 fully saturated rings. The maximum atomic E-state index is 2.75. The van der Waals surface area contributed by atoms with Gasteiger partial charge in [0.05, 0.1) is 0 Å². The standard InChI is InChI=1S/C2H7N.CH6Si/c1-3-2;1-2/h3H,1-2H3;1-2H3. The molecule has 0 aromatic heterocycles. The summed E-state index contributed by atoms with van der Waals surface area (Å²) in [6.45, 7) is 2.14. The second kappa shape index (κ2) is 30.4. The third-order valence-corrected chi connectivity index (χ3v) is 0. The summed E-state index contributed by atoms with van der Waals surface area (Å²) < 4.78 is 0. The zero-order chi connectivity index (χ0) is 4.71. The molecule has 1 N–H and O–H groups in total. The van der Waals surface area contributed by atoms with Crippen LogP contribution >= 0.6 is 0 Å². The fraction of sp³-hybridized carbons (Fsp3) is 1.00. The van der Waals surface area contributed by atoms with Crippen molar-refractivity contribution in [3.63, 3.8) is 0 Å². The van der Waals surface area contributed by atoms with E-state index in [1.165, 1.54) is 10.2 Å². The van der Waals surface area contributed by atoms with Crippen LogP contribution < -0.4 is 5.32 Å². The van der Waals surface area contributed by atoms with Gasteiger partial charge in [-0.05, 0) is 24.3 Å². The quantitative estimate of drug-likeness (QED) is 0.386. The van der Waals surface area contributed by atoms with Crippen molar-refractivity contribution < 1.29 is 0 Å². The van der Waals surface area contributed by atoms with E-state index in [9.17, 15) is 0 Å². The van der Waals surface area contributed by atoms with Crippen molar-refractivity contribution in [2.45, 2.75) is 6.55 Å². The summed E-state index contributed by atoms with van der Waals surface area (Å²) >= 11 is 0. The Labute approximate surface area is 37.2 Å². The van der Waals surface area contributed by atoms with Gasteiger partial charge in [0.15, 0.2) is 0 Å². The highest BCUT2D eigenvalue weighted by Gasteiger charge is 1.25. The number of hydrogen-bond acceptors (Lipinski definition) is 1. The molecule has 0 aliphatic rings. The van der Waals surface area contributed by atoms with Gasteiger partial charge in [0.25, 0.3) is 0 Å². The van der Waals surface area contributed by atoms with Gasteiger partial charge in [-0.3, -0.25) is 0 Å². The summed E-state index contributed by atoms with van der Waals surface area (Å²) in [4.78, 5) is 0. The molecule has 0 unspecified atom stereocenters. The van der Waals surface area contributed by atoms with Gasteiger partial charge in [-0.1, -0.05) is 6.55 Å². The van der Waals surface area contributed by atoms with E-state index in [0.29, 0.717) is 0 Å². The first-order valence-electron chi connectivity index (χ1n) is 2.00. The number of rotatable bonds is 0. The largest absolute Gasteiger partial charge is 0.323 e. The molecule has 1 nitrogen and oxygen atoms in total. The van der Waals surface area contributed by atoms with E-state index >= 15 is 0 Å². The smallest absolute Gasteiger partial charge is 0.000585 e. The van der Waals surface area contributed by atoms with Crippen LogP contribution in [0.15, 0.2) is 0 Å². The van der Waals surface area contributed by atoms with Gasteiger partial charge in [-0.2, -0.15) is 0 Å². The second-order valence-electron chi connectivity index (χ2n) is 0.500. The van der Waals surface area contributed by atoms with Gasteiger partial charge in [0.1, 0.15) is 0 Å². The fourth-order valence-corrected chi connectivity index (χ4v) is 0. The average Bonchev–Trinajstić information content (AvgIpc) is 1.46. The molecule has 0 saturated carbocycles. The molecule has 0 aromatic carbocycles. The van der Waals surface area contributed by atoms with E-state index in [1.807, 2.05) is 14.1 Å². The van der Waals surface area contributed by atoms with Crippen LogP contribution in [0.1, 0.15) is 0 Å². The lowest BCUT2D eigenvalue weighted by Gasteiger charge is -1.59. The first-order chi connectivity index (χ1) is 2.41. The Balaban J connectivity index is 0. The predicted octanol–water partition coefficient (Wildman–Crippen LogP) is -0.764. The average molecular weight is 91.2 g/mol. The maximum absolute atomic E-state index is 2.75. The summed E-state index contributed by atoms with van der Waals surface area (Å²) in [7, 11) is 5.06. The Kier molecular flexibility index (Phi) is 54.5. The first-order valence-corrected chi connectivity index (χ1v) is 4.00. The Morgan fingerprint density at radius 1 is 1.20 bits per heavy atom. The third-order valence-electron chi connectivity index (χ3n) is 0. The zero-order valence-electron chi connectivity index (χ0n) is 4.50. The number of nitrogens with one attached hydrogen (secondary N) is 1. The summed E-state index contributed by atoms with van der Waals surface area (Å²) in [5, 5.41) is 2.75. The zero-order valence-corrected chi connectivity index (χ0v) is 6.50. The molecule has 5 heavy (non-hydrogen) atoms. The van der Waals surface area contributed by atoms with Gasteiger partial charge in [0, 0.05) is 0 Å². The van der Waals surface area contributed by atoms with E-state index in [2.05, 4.69) is 11.9 Å². The highest BCUT2D eigenvalue weighted by Crippen LogP contribution is 0.981. The van der Waals surface area contributed by atoms with Crippen molar-refractivity contribution in [2.75, 3.05) is 14.1 Å². The van der Waals surface area contributed by atoms with Gasteiger partial charge >= 0.3 is 0 Å². The van der Waals surface area contributed by atoms with E-state index in [-0.39, 0.29) is 0 Å². The monoisotopic (exact) mass is 91.1 g/mol. The normalized spacial score (nSPS) is 5.40. The lowest BCUT2D eigenvalue weighted by atomic mass is 11.3. The highest BCUT2D eigenvalue weighted by molar-refractivity contribution is 6.05. The Morgan fingerprint density at radius 2 is 1.20 bits per heavy atom. The molecule has 0 amide bonds. The van der Waals surface area contributed by atoms with Crippen LogP contribution in [0.25, 0.3) is 0 Å². The molecule has 0 aliphatic carbocycles. The van der Waals surface area contributed by atoms with Crippen molar-refractivity contribution >= 4 is 10.2 Å². The minimum atomic E-state index is 1.31. The molecule has 0 radical (unpaired) electrons. The number of hydrogen-bond donors (Lipinski definition) is 1. The lowest BCUT2D eigenvalue weighted by molar-refractivity contribution is 1.02. The topological polar surface area (TPSA) is 12.0 Å². The van der Waals surface area contributed by atoms with Gasteiger partial charge in [-0.25, -0.2) is 0 Å². The lowest BCUT2D eigenvalue weighted by Crippen LogP contribution is -1.89. The molecule has 0 aliphatic heterocycles. The molecule has 0 heterocycles. The molecule has 34 valence electrons. The van der Waals surface area contributed by atoms with Crippen LogP contribution in [-0.2, 0) is 0 Å². The summed E-state index contributed by atoms with van der Waals surface area (Å²) in [5.41, 5.74) is 0. The minimum Gasteiger partial charge on any atom is -0.323 e. The predicted molar refractivity (Wildman–Crippen MR) is 30.8 cm³/mol. The van der Waals surface area contributed by atoms with Gasteiger partial charge in [0.2, 0.25) is 0 Å².